The van der Waals surface area contributed by atoms with Crippen LogP contribution in [-0.4, -0.2) is 48.4 Å². The fraction of sp³-hybridized carbons (Fsp3) is 0.619. The van der Waals surface area contributed by atoms with Crippen LogP contribution in [0, 0.1) is 11.7 Å². The smallest absolute Gasteiger partial charge is 0.221 e. The average molecular weight is 375 g/mol. The molecule has 1 saturated heterocycles. The Bertz CT molecular complexity index is 663. The first-order valence-corrected chi connectivity index (χ1v) is 10.0. The molecule has 148 valence electrons. The molecule has 2 amide bonds. The van der Waals surface area contributed by atoms with Crippen molar-refractivity contribution in [2.24, 2.45) is 5.92 Å². The third kappa shape index (κ3) is 6.31. The maximum absolute atomic E-state index is 13.2. The summed E-state index contributed by atoms with van der Waals surface area (Å²) in [5.41, 5.74) is 0.891. The quantitative estimate of drug-likeness (QED) is 0.696. The minimum Gasteiger partial charge on any atom is -0.356 e. The minimum atomic E-state index is -0.245. The van der Waals surface area contributed by atoms with Gasteiger partial charge >= 0.3 is 0 Å². The van der Waals surface area contributed by atoms with Crippen LogP contribution >= 0.6 is 0 Å². The molecule has 1 heterocycles. The molecular formula is C21H30FN3O2. The molecule has 0 bridgehead atoms. The molecule has 0 unspecified atom stereocenters. The highest BCUT2D eigenvalue weighted by molar-refractivity contribution is 5.76. The Morgan fingerprint density at radius 1 is 1.15 bits per heavy atom. The Labute approximate surface area is 160 Å². The summed E-state index contributed by atoms with van der Waals surface area (Å²) in [7, 11) is 0. The minimum absolute atomic E-state index is 0.0000799. The highest BCUT2D eigenvalue weighted by Gasteiger charge is 2.37. The van der Waals surface area contributed by atoms with E-state index >= 15 is 0 Å². The number of hydrogen-bond donors (Lipinski definition) is 2. The maximum atomic E-state index is 13.2. The topological polar surface area (TPSA) is 61.4 Å². The average Bonchev–Trinajstić information content (AvgIpc) is 3.36. The lowest BCUT2D eigenvalue weighted by molar-refractivity contribution is -0.122. The summed E-state index contributed by atoms with van der Waals surface area (Å²) < 4.78 is 13.2. The number of benzene rings is 1. The first-order valence-electron chi connectivity index (χ1n) is 10.0. The largest absolute Gasteiger partial charge is 0.356 e. The summed E-state index contributed by atoms with van der Waals surface area (Å²) in [6.07, 6.45) is 5.69. The molecule has 6 heteroatoms. The number of amides is 2. The molecule has 0 spiro atoms. The second-order valence-electron chi connectivity index (χ2n) is 7.90. The van der Waals surface area contributed by atoms with Crippen molar-refractivity contribution in [3.8, 4) is 0 Å². The van der Waals surface area contributed by atoms with Gasteiger partial charge in [0.25, 0.3) is 0 Å². The monoisotopic (exact) mass is 375 g/mol. The highest BCUT2D eigenvalue weighted by Crippen LogP contribution is 2.35. The second kappa shape index (κ2) is 9.31. The van der Waals surface area contributed by atoms with Gasteiger partial charge in [0.1, 0.15) is 5.82 Å². The summed E-state index contributed by atoms with van der Waals surface area (Å²) in [5.74, 6) is 0.560. The van der Waals surface area contributed by atoms with Gasteiger partial charge < -0.3 is 10.6 Å². The van der Waals surface area contributed by atoms with Crippen molar-refractivity contribution in [2.45, 2.75) is 57.5 Å². The van der Waals surface area contributed by atoms with E-state index in [1.807, 2.05) is 6.07 Å². The number of halogens is 1. The molecule has 0 aromatic heterocycles. The molecule has 0 radical (unpaired) electrons. The van der Waals surface area contributed by atoms with E-state index in [2.05, 4.69) is 15.5 Å². The van der Waals surface area contributed by atoms with Gasteiger partial charge in [-0.3, -0.25) is 14.5 Å². The zero-order chi connectivity index (χ0) is 19.2. The van der Waals surface area contributed by atoms with Crippen molar-refractivity contribution in [2.75, 3.05) is 19.6 Å². The van der Waals surface area contributed by atoms with E-state index < -0.39 is 0 Å². The van der Waals surface area contributed by atoms with Gasteiger partial charge in [0, 0.05) is 45.1 Å². The van der Waals surface area contributed by atoms with E-state index in [1.165, 1.54) is 25.0 Å². The zero-order valence-corrected chi connectivity index (χ0v) is 16.0. The number of nitrogens with one attached hydrogen (secondary N) is 2. The van der Waals surface area contributed by atoms with Crippen molar-refractivity contribution in [3.05, 3.63) is 35.6 Å². The van der Waals surface area contributed by atoms with Crippen molar-refractivity contribution < 1.29 is 14.0 Å². The standard InChI is InChI=1S/C21H30FN3O2/c1-15(26)24-13-20-8-7-19(25(20)14-17-5-6-17)12-21(27)23-10-9-16-3-2-4-18(22)11-16/h2-4,11,17,19-20H,5-10,12-14H2,1H3,(H,23,27)(H,24,26)/t19-,20+/m0/s1. The van der Waals surface area contributed by atoms with Gasteiger partial charge in [-0.05, 0) is 55.7 Å². The molecular weight excluding hydrogens is 345 g/mol. The summed E-state index contributed by atoms with van der Waals surface area (Å²) in [4.78, 5) is 26.1. The van der Waals surface area contributed by atoms with Crippen LogP contribution in [0.3, 0.4) is 0 Å². The van der Waals surface area contributed by atoms with E-state index in [9.17, 15) is 14.0 Å². The highest BCUT2D eigenvalue weighted by atomic mass is 19.1. The molecule has 2 N–H and O–H groups in total. The molecule has 5 nitrogen and oxygen atoms in total. The summed E-state index contributed by atoms with van der Waals surface area (Å²) in [6.45, 7) is 3.77. The summed E-state index contributed by atoms with van der Waals surface area (Å²) in [5, 5.41) is 5.90. The Hall–Kier alpha value is -1.95. The summed E-state index contributed by atoms with van der Waals surface area (Å²) in [6, 6.07) is 7.07. The predicted molar refractivity (Wildman–Crippen MR) is 103 cm³/mol. The third-order valence-corrected chi connectivity index (χ3v) is 5.57. The molecule has 1 aliphatic carbocycles. The first-order chi connectivity index (χ1) is 13.0. The predicted octanol–water partition coefficient (Wildman–Crippen LogP) is 2.25. The van der Waals surface area contributed by atoms with Gasteiger partial charge in [0.05, 0.1) is 0 Å². The number of likely N-dealkylation sites (tertiary alicyclic amines) is 1. The summed E-state index contributed by atoms with van der Waals surface area (Å²) >= 11 is 0. The van der Waals surface area contributed by atoms with E-state index in [1.54, 1.807) is 13.0 Å². The van der Waals surface area contributed by atoms with E-state index in [-0.39, 0.29) is 23.7 Å². The molecule has 1 aromatic carbocycles. The lowest BCUT2D eigenvalue weighted by atomic mass is 10.1. The fourth-order valence-corrected chi connectivity index (χ4v) is 3.94. The van der Waals surface area contributed by atoms with Crippen LogP contribution in [0.1, 0.15) is 44.6 Å². The Kier molecular flexibility index (Phi) is 6.83. The Balaban J connectivity index is 1.45. The van der Waals surface area contributed by atoms with E-state index in [0.717, 1.165) is 30.9 Å². The van der Waals surface area contributed by atoms with Crippen molar-refractivity contribution in [1.29, 1.82) is 0 Å². The number of nitrogens with zero attached hydrogens (tertiary/aromatic N) is 1. The zero-order valence-electron chi connectivity index (χ0n) is 16.0. The maximum Gasteiger partial charge on any atom is 0.221 e. The molecule has 3 rings (SSSR count). The van der Waals surface area contributed by atoms with Gasteiger partial charge in [-0.1, -0.05) is 12.1 Å². The van der Waals surface area contributed by atoms with Gasteiger partial charge in [-0.2, -0.15) is 0 Å². The van der Waals surface area contributed by atoms with Crippen molar-refractivity contribution in [1.82, 2.24) is 15.5 Å². The van der Waals surface area contributed by atoms with Gasteiger partial charge in [-0.25, -0.2) is 4.39 Å². The van der Waals surface area contributed by atoms with Crippen LogP contribution in [0.2, 0.25) is 0 Å². The third-order valence-electron chi connectivity index (χ3n) is 5.57. The Morgan fingerprint density at radius 2 is 1.93 bits per heavy atom. The van der Waals surface area contributed by atoms with Crippen LogP contribution in [0.4, 0.5) is 4.39 Å². The lowest BCUT2D eigenvalue weighted by Crippen LogP contribution is -2.45. The Morgan fingerprint density at radius 3 is 2.63 bits per heavy atom. The van der Waals surface area contributed by atoms with Crippen LogP contribution in [0.25, 0.3) is 0 Å². The normalized spacial score (nSPS) is 22.6. The van der Waals surface area contributed by atoms with Gasteiger partial charge in [0.2, 0.25) is 11.8 Å². The molecule has 2 fully saturated rings. The number of rotatable bonds is 9. The molecule has 27 heavy (non-hydrogen) atoms. The number of carbonyl (C=O) groups is 2. The van der Waals surface area contributed by atoms with Crippen LogP contribution < -0.4 is 10.6 Å². The van der Waals surface area contributed by atoms with Crippen LogP contribution in [-0.2, 0) is 16.0 Å². The van der Waals surface area contributed by atoms with Crippen molar-refractivity contribution >= 4 is 11.8 Å². The molecule has 1 saturated carbocycles. The SMILES string of the molecule is CC(=O)NC[C@H]1CC[C@@H](CC(=O)NCCc2cccc(F)c2)N1CC1CC1. The molecule has 2 atom stereocenters. The second-order valence-corrected chi connectivity index (χ2v) is 7.90. The molecule has 1 aromatic rings. The first kappa shape index (κ1) is 19.8. The number of hydrogen-bond acceptors (Lipinski definition) is 3. The van der Waals surface area contributed by atoms with Crippen LogP contribution in [0.15, 0.2) is 24.3 Å². The van der Waals surface area contributed by atoms with Crippen LogP contribution in [0.5, 0.6) is 0 Å². The lowest BCUT2D eigenvalue weighted by Gasteiger charge is -2.30. The van der Waals surface area contributed by atoms with Gasteiger partial charge in [-0.15, -0.1) is 0 Å². The van der Waals surface area contributed by atoms with E-state index in [4.69, 9.17) is 0 Å². The van der Waals surface area contributed by atoms with E-state index in [0.29, 0.717) is 32.0 Å². The number of carbonyl (C=O) groups excluding carboxylic acids is 2. The van der Waals surface area contributed by atoms with Crippen molar-refractivity contribution in [3.63, 3.8) is 0 Å². The fourth-order valence-electron chi connectivity index (χ4n) is 3.94. The molecule has 1 aliphatic heterocycles. The van der Waals surface area contributed by atoms with Gasteiger partial charge in [0.15, 0.2) is 0 Å². The molecule has 2 aliphatic rings.